The van der Waals surface area contributed by atoms with Crippen molar-refractivity contribution < 1.29 is 14.3 Å². The topological polar surface area (TPSA) is 73.2 Å². The van der Waals surface area contributed by atoms with E-state index in [1.54, 1.807) is 35.9 Å². The lowest BCUT2D eigenvalue weighted by Crippen LogP contribution is -2.23. The van der Waals surface area contributed by atoms with Crippen molar-refractivity contribution in [1.82, 2.24) is 15.1 Å². The van der Waals surface area contributed by atoms with Gasteiger partial charge in [0.25, 0.3) is 5.91 Å². The summed E-state index contributed by atoms with van der Waals surface area (Å²) in [7, 11) is 0. The number of carbonyl (C=O) groups excluding carboxylic acids is 2. The number of hydrogen-bond acceptors (Lipinski definition) is 4. The largest absolute Gasteiger partial charge is 0.461 e. The normalized spacial score (nSPS) is 11.7. The second-order valence-corrected chi connectivity index (χ2v) is 7.62. The molecule has 0 radical (unpaired) electrons. The number of amides is 1. The molecule has 3 rings (SSSR count). The Bertz CT molecular complexity index is 1060. The molecule has 0 aliphatic rings. The lowest BCUT2D eigenvalue weighted by molar-refractivity contribution is 0.0518. The van der Waals surface area contributed by atoms with Gasteiger partial charge in [-0.1, -0.05) is 43.6 Å². The SMILES string of the molecule is CCOC(=O)c1cc(C(C)CC)n(-c2ccc(C(=O)NCc3ccccc3Cl)cc2)n1. The van der Waals surface area contributed by atoms with Gasteiger partial charge in [0, 0.05) is 22.8 Å². The Labute approximate surface area is 187 Å². The first kappa shape index (κ1) is 22.6. The van der Waals surface area contributed by atoms with E-state index in [0.717, 1.165) is 23.4 Å². The van der Waals surface area contributed by atoms with Gasteiger partial charge >= 0.3 is 5.97 Å². The second kappa shape index (κ2) is 10.3. The maximum atomic E-state index is 12.5. The minimum atomic E-state index is -0.443. The number of nitrogens with zero attached hydrogens (tertiary/aromatic N) is 2. The minimum Gasteiger partial charge on any atom is -0.461 e. The van der Waals surface area contributed by atoms with Crippen LogP contribution in [0.4, 0.5) is 0 Å². The summed E-state index contributed by atoms with van der Waals surface area (Å²) in [5, 5.41) is 7.95. The van der Waals surface area contributed by atoms with E-state index in [4.69, 9.17) is 16.3 Å². The summed E-state index contributed by atoms with van der Waals surface area (Å²) in [6.07, 6.45) is 0.899. The first-order valence-electron chi connectivity index (χ1n) is 10.3. The summed E-state index contributed by atoms with van der Waals surface area (Å²) < 4.78 is 6.83. The predicted molar refractivity (Wildman–Crippen MR) is 121 cm³/mol. The molecule has 0 aliphatic carbocycles. The molecule has 1 unspecified atom stereocenters. The van der Waals surface area contributed by atoms with Crippen LogP contribution in [0.15, 0.2) is 54.6 Å². The van der Waals surface area contributed by atoms with Gasteiger partial charge in [-0.25, -0.2) is 9.48 Å². The van der Waals surface area contributed by atoms with E-state index in [-0.39, 0.29) is 17.5 Å². The van der Waals surface area contributed by atoms with Crippen molar-refractivity contribution >= 4 is 23.5 Å². The van der Waals surface area contributed by atoms with Crippen LogP contribution in [-0.2, 0) is 11.3 Å². The fourth-order valence-electron chi connectivity index (χ4n) is 3.14. The van der Waals surface area contributed by atoms with Crippen LogP contribution < -0.4 is 5.32 Å². The fraction of sp³-hybridized carbons (Fsp3) is 0.292. The molecular weight excluding hydrogens is 414 g/mol. The molecule has 162 valence electrons. The first-order chi connectivity index (χ1) is 14.9. The van der Waals surface area contributed by atoms with Crippen molar-refractivity contribution in [2.75, 3.05) is 6.61 Å². The quantitative estimate of drug-likeness (QED) is 0.493. The molecule has 0 spiro atoms. The standard InChI is InChI=1S/C24H26ClN3O3/c1-4-16(3)22-14-21(24(30)31-5-2)27-28(22)19-12-10-17(11-13-19)23(29)26-15-18-8-6-7-9-20(18)25/h6-14,16H,4-5,15H2,1-3H3,(H,26,29). The third-order valence-electron chi connectivity index (χ3n) is 5.11. The minimum absolute atomic E-state index is 0.193. The molecule has 6 nitrogen and oxygen atoms in total. The molecule has 0 fully saturated rings. The zero-order valence-electron chi connectivity index (χ0n) is 17.9. The average molecular weight is 440 g/mol. The molecule has 1 heterocycles. The molecule has 0 saturated heterocycles. The molecular formula is C24H26ClN3O3. The first-order valence-corrected chi connectivity index (χ1v) is 10.7. The molecule has 1 amide bonds. The Morgan fingerprint density at radius 1 is 1.13 bits per heavy atom. The van der Waals surface area contributed by atoms with Crippen LogP contribution in [0, 0.1) is 0 Å². The van der Waals surface area contributed by atoms with Crippen molar-refractivity contribution in [3.05, 3.63) is 82.1 Å². The number of ether oxygens (including phenoxy) is 1. The van der Waals surface area contributed by atoms with Gasteiger partial charge < -0.3 is 10.1 Å². The summed E-state index contributed by atoms with van der Waals surface area (Å²) in [6.45, 7) is 6.57. The highest BCUT2D eigenvalue weighted by Crippen LogP contribution is 2.24. The van der Waals surface area contributed by atoms with E-state index in [9.17, 15) is 9.59 Å². The Morgan fingerprint density at radius 3 is 2.48 bits per heavy atom. The summed E-state index contributed by atoms with van der Waals surface area (Å²) >= 11 is 6.14. The lowest BCUT2D eigenvalue weighted by atomic mass is 10.0. The average Bonchev–Trinajstić information content (AvgIpc) is 3.24. The van der Waals surface area contributed by atoms with Crippen LogP contribution in [0.1, 0.15) is 65.2 Å². The highest BCUT2D eigenvalue weighted by Gasteiger charge is 2.19. The summed E-state index contributed by atoms with van der Waals surface area (Å²) in [5.41, 5.74) is 3.35. The zero-order valence-corrected chi connectivity index (χ0v) is 18.6. The molecule has 3 aromatic rings. The Hall–Kier alpha value is -3.12. The van der Waals surface area contributed by atoms with E-state index in [0.29, 0.717) is 23.7 Å². The van der Waals surface area contributed by atoms with Crippen molar-refractivity contribution in [3.63, 3.8) is 0 Å². The van der Waals surface area contributed by atoms with Crippen molar-refractivity contribution in [3.8, 4) is 5.69 Å². The molecule has 0 aliphatic heterocycles. The molecule has 0 bridgehead atoms. The fourth-order valence-corrected chi connectivity index (χ4v) is 3.34. The molecule has 1 N–H and O–H groups in total. The molecule has 1 atom stereocenters. The van der Waals surface area contributed by atoms with Crippen LogP contribution in [0.5, 0.6) is 0 Å². The van der Waals surface area contributed by atoms with Crippen LogP contribution in [-0.4, -0.2) is 28.3 Å². The lowest BCUT2D eigenvalue weighted by Gasteiger charge is -2.13. The maximum absolute atomic E-state index is 12.5. The number of hydrogen-bond donors (Lipinski definition) is 1. The summed E-state index contributed by atoms with van der Waals surface area (Å²) in [5.74, 6) is -0.433. The predicted octanol–water partition coefficient (Wildman–Crippen LogP) is 5.15. The number of esters is 1. The number of benzene rings is 2. The van der Waals surface area contributed by atoms with Crippen LogP contribution in [0.25, 0.3) is 5.69 Å². The number of halogens is 1. The number of carbonyl (C=O) groups is 2. The smallest absolute Gasteiger partial charge is 0.358 e. The Balaban J connectivity index is 1.79. The van der Waals surface area contributed by atoms with E-state index in [1.165, 1.54) is 0 Å². The number of nitrogens with one attached hydrogen (secondary N) is 1. The summed E-state index contributed by atoms with van der Waals surface area (Å²) in [6, 6.07) is 16.3. The summed E-state index contributed by atoms with van der Waals surface area (Å²) in [4.78, 5) is 24.7. The third-order valence-corrected chi connectivity index (χ3v) is 5.48. The van der Waals surface area contributed by atoms with Crippen LogP contribution in [0.3, 0.4) is 0 Å². The van der Waals surface area contributed by atoms with Gasteiger partial charge in [-0.15, -0.1) is 0 Å². The highest BCUT2D eigenvalue weighted by molar-refractivity contribution is 6.31. The molecule has 7 heteroatoms. The molecule has 1 aromatic heterocycles. The van der Waals surface area contributed by atoms with Gasteiger partial charge in [0.15, 0.2) is 5.69 Å². The molecule has 31 heavy (non-hydrogen) atoms. The third kappa shape index (κ3) is 5.33. The van der Waals surface area contributed by atoms with Gasteiger partial charge in [-0.05, 0) is 61.2 Å². The van der Waals surface area contributed by atoms with Gasteiger partial charge in [0.2, 0.25) is 0 Å². The number of rotatable bonds is 8. The zero-order chi connectivity index (χ0) is 22.4. The molecule has 0 saturated carbocycles. The van der Waals surface area contributed by atoms with Crippen molar-refractivity contribution in [1.29, 1.82) is 0 Å². The Kier molecular flexibility index (Phi) is 7.47. The van der Waals surface area contributed by atoms with Crippen molar-refractivity contribution in [2.45, 2.75) is 39.7 Å². The second-order valence-electron chi connectivity index (χ2n) is 7.22. The van der Waals surface area contributed by atoms with Crippen LogP contribution in [0.2, 0.25) is 5.02 Å². The Morgan fingerprint density at radius 2 is 1.84 bits per heavy atom. The van der Waals surface area contributed by atoms with E-state index < -0.39 is 5.97 Å². The molecule has 2 aromatic carbocycles. The van der Waals surface area contributed by atoms with Crippen molar-refractivity contribution in [2.24, 2.45) is 0 Å². The van der Waals surface area contributed by atoms with Gasteiger partial charge in [-0.2, -0.15) is 5.10 Å². The van der Waals surface area contributed by atoms with Gasteiger partial charge in [0.1, 0.15) is 0 Å². The van der Waals surface area contributed by atoms with Gasteiger partial charge in [-0.3, -0.25) is 4.79 Å². The number of aromatic nitrogens is 2. The monoisotopic (exact) mass is 439 g/mol. The van der Waals surface area contributed by atoms with E-state index in [1.807, 2.05) is 30.3 Å². The maximum Gasteiger partial charge on any atom is 0.358 e. The van der Waals surface area contributed by atoms with E-state index >= 15 is 0 Å². The van der Waals surface area contributed by atoms with Crippen LogP contribution >= 0.6 is 11.6 Å². The van der Waals surface area contributed by atoms with Gasteiger partial charge in [0.05, 0.1) is 12.3 Å². The van der Waals surface area contributed by atoms with E-state index in [2.05, 4.69) is 24.3 Å². The highest BCUT2D eigenvalue weighted by atomic mass is 35.5.